The van der Waals surface area contributed by atoms with E-state index in [2.05, 4.69) is 25.8 Å². The van der Waals surface area contributed by atoms with Crippen molar-refractivity contribution < 1.29 is 4.39 Å². The van der Waals surface area contributed by atoms with E-state index in [1.807, 2.05) is 0 Å². The molecule has 88 valence electrons. The third-order valence-electron chi connectivity index (χ3n) is 3.08. The normalized spacial score (nSPS) is 21.1. The third kappa shape index (κ3) is 2.73. The Kier molecular flexibility index (Phi) is 4.16. The Hall–Kier alpha value is -0.640. The van der Waals surface area contributed by atoms with Crippen molar-refractivity contribution in [2.45, 2.75) is 31.7 Å². The molecule has 0 N–H and O–H groups in total. The van der Waals surface area contributed by atoms with Crippen LogP contribution in [0.25, 0.3) is 0 Å². The van der Waals surface area contributed by atoms with Crippen molar-refractivity contribution >= 4 is 21.7 Å². The smallest absolute Gasteiger partial charge is 0.141 e. The fourth-order valence-electron chi connectivity index (χ4n) is 2.27. The van der Waals surface area contributed by atoms with Crippen LogP contribution in [0.1, 0.15) is 25.7 Å². The second-order valence-corrected chi connectivity index (χ2v) is 4.95. The molecule has 1 atom stereocenters. The lowest BCUT2D eigenvalue weighted by atomic mass is 10.00. The van der Waals surface area contributed by atoms with Crippen molar-refractivity contribution in [1.29, 1.82) is 0 Å². The number of alkyl halides is 1. The SMILES string of the molecule is Fc1ccc(N2CCCCC2CCBr)nc1. The van der Waals surface area contributed by atoms with Crippen LogP contribution in [0.5, 0.6) is 0 Å². The van der Waals surface area contributed by atoms with Gasteiger partial charge in [0, 0.05) is 17.9 Å². The van der Waals surface area contributed by atoms with Crippen LogP contribution in [0.15, 0.2) is 18.3 Å². The minimum atomic E-state index is -0.266. The summed E-state index contributed by atoms with van der Waals surface area (Å²) in [6.45, 7) is 1.04. The second-order valence-electron chi connectivity index (χ2n) is 4.16. The molecule has 2 rings (SSSR count). The maximum Gasteiger partial charge on any atom is 0.141 e. The quantitative estimate of drug-likeness (QED) is 0.792. The van der Waals surface area contributed by atoms with Crippen LogP contribution < -0.4 is 4.90 Å². The van der Waals surface area contributed by atoms with E-state index in [0.717, 1.165) is 24.1 Å². The zero-order chi connectivity index (χ0) is 11.4. The Morgan fingerprint density at radius 2 is 2.31 bits per heavy atom. The number of piperidine rings is 1. The van der Waals surface area contributed by atoms with Gasteiger partial charge in [-0.2, -0.15) is 0 Å². The van der Waals surface area contributed by atoms with E-state index in [1.54, 1.807) is 6.07 Å². The van der Waals surface area contributed by atoms with Crippen molar-refractivity contribution in [3.05, 3.63) is 24.1 Å². The van der Waals surface area contributed by atoms with E-state index in [0.29, 0.717) is 6.04 Å². The van der Waals surface area contributed by atoms with Crippen molar-refractivity contribution in [3.8, 4) is 0 Å². The first-order chi connectivity index (χ1) is 7.81. The Morgan fingerprint density at radius 3 is 3.00 bits per heavy atom. The highest BCUT2D eigenvalue weighted by molar-refractivity contribution is 9.09. The highest BCUT2D eigenvalue weighted by Crippen LogP contribution is 2.25. The maximum atomic E-state index is 12.8. The molecule has 1 fully saturated rings. The van der Waals surface area contributed by atoms with Gasteiger partial charge >= 0.3 is 0 Å². The van der Waals surface area contributed by atoms with Gasteiger partial charge in [-0.05, 0) is 37.8 Å². The maximum absolute atomic E-state index is 12.8. The molecule has 1 saturated heterocycles. The molecule has 0 aliphatic carbocycles. The van der Waals surface area contributed by atoms with Gasteiger partial charge < -0.3 is 4.90 Å². The van der Waals surface area contributed by atoms with Crippen LogP contribution in [0.3, 0.4) is 0 Å². The Morgan fingerprint density at radius 1 is 1.44 bits per heavy atom. The van der Waals surface area contributed by atoms with E-state index in [9.17, 15) is 4.39 Å². The number of pyridine rings is 1. The lowest BCUT2D eigenvalue weighted by Crippen LogP contribution is -2.40. The van der Waals surface area contributed by atoms with Gasteiger partial charge in [0.25, 0.3) is 0 Å². The van der Waals surface area contributed by atoms with Gasteiger partial charge in [0.1, 0.15) is 11.6 Å². The summed E-state index contributed by atoms with van der Waals surface area (Å²) in [7, 11) is 0. The number of hydrogen-bond acceptors (Lipinski definition) is 2. The van der Waals surface area contributed by atoms with Crippen molar-refractivity contribution in [3.63, 3.8) is 0 Å². The fraction of sp³-hybridized carbons (Fsp3) is 0.583. The summed E-state index contributed by atoms with van der Waals surface area (Å²) in [6, 6.07) is 3.82. The topological polar surface area (TPSA) is 16.1 Å². The fourth-order valence-corrected chi connectivity index (χ4v) is 2.79. The summed E-state index contributed by atoms with van der Waals surface area (Å²) in [4.78, 5) is 6.48. The van der Waals surface area contributed by atoms with Crippen LogP contribution in [0.4, 0.5) is 10.2 Å². The Bertz CT molecular complexity index is 326. The number of nitrogens with zero attached hydrogens (tertiary/aromatic N) is 2. The van der Waals surface area contributed by atoms with E-state index in [1.165, 1.54) is 31.5 Å². The molecule has 0 spiro atoms. The summed E-state index contributed by atoms with van der Waals surface area (Å²) >= 11 is 3.49. The predicted molar refractivity (Wildman–Crippen MR) is 67.6 cm³/mol. The van der Waals surface area contributed by atoms with E-state index in [-0.39, 0.29) is 5.82 Å². The third-order valence-corrected chi connectivity index (χ3v) is 3.53. The van der Waals surface area contributed by atoms with Gasteiger partial charge in [0.05, 0.1) is 6.20 Å². The first kappa shape index (κ1) is 11.8. The molecular weight excluding hydrogens is 271 g/mol. The van der Waals surface area contributed by atoms with E-state index >= 15 is 0 Å². The molecule has 0 aromatic carbocycles. The highest BCUT2D eigenvalue weighted by atomic mass is 79.9. The largest absolute Gasteiger partial charge is 0.354 e. The van der Waals surface area contributed by atoms with Crippen molar-refractivity contribution in [1.82, 2.24) is 4.98 Å². The average molecular weight is 287 g/mol. The molecule has 1 aliphatic rings. The molecule has 1 aromatic heterocycles. The van der Waals surface area contributed by atoms with Crippen molar-refractivity contribution in [2.75, 3.05) is 16.8 Å². The number of rotatable bonds is 3. The first-order valence-electron chi connectivity index (χ1n) is 5.75. The summed E-state index contributed by atoms with van der Waals surface area (Å²) in [5, 5.41) is 1.01. The number of anilines is 1. The number of hydrogen-bond donors (Lipinski definition) is 0. The Balaban J connectivity index is 2.13. The molecular formula is C12H16BrFN2. The van der Waals surface area contributed by atoms with Gasteiger partial charge in [-0.15, -0.1) is 0 Å². The molecule has 1 aliphatic heterocycles. The zero-order valence-corrected chi connectivity index (χ0v) is 10.8. The molecule has 0 amide bonds. The number of halogens is 2. The molecule has 4 heteroatoms. The van der Waals surface area contributed by atoms with E-state index < -0.39 is 0 Å². The zero-order valence-electron chi connectivity index (χ0n) is 9.20. The molecule has 0 bridgehead atoms. The van der Waals surface area contributed by atoms with Crippen LogP contribution in [-0.2, 0) is 0 Å². The molecule has 0 radical (unpaired) electrons. The molecule has 1 aromatic rings. The minimum absolute atomic E-state index is 0.266. The highest BCUT2D eigenvalue weighted by Gasteiger charge is 2.22. The minimum Gasteiger partial charge on any atom is -0.354 e. The van der Waals surface area contributed by atoms with Gasteiger partial charge in [-0.3, -0.25) is 0 Å². The van der Waals surface area contributed by atoms with Gasteiger partial charge in [0.2, 0.25) is 0 Å². The lowest BCUT2D eigenvalue weighted by molar-refractivity contribution is 0.449. The molecule has 2 heterocycles. The number of aromatic nitrogens is 1. The summed E-state index contributed by atoms with van der Waals surface area (Å²) in [5.41, 5.74) is 0. The van der Waals surface area contributed by atoms with Crippen LogP contribution >= 0.6 is 15.9 Å². The monoisotopic (exact) mass is 286 g/mol. The first-order valence-corrected chi connectivity index (χ1v) is 6.87. The van der Waals surface area contributed by atoms with Crippen LogP contribution in [0, 0.1) is 5.82 Å². The standard InChI is InChI=1S/C12H16BrFN2/c13-7-6-11-3-1-2-8-16(11)12-5-4-10(14)9-15-12/h4-5,9,11H,1-3,6-8H2. The van der Waals surface area contributed by atoms with Crippen LogP contribution in [0.2, 0.25) is 0 Å². The van der Waals surface area contributed by atoms with E-state index in [4.69, 9.17) is 0 Å². The average Bonchev–Trinajstić information content (AvgIpc) is 2.32. The molecule has 2 nitrogen and oxygen atoms in total. The second kappa shape index (κ2) is 5.62. The Labute approximate surface area is 104 Å². The summed E-state index contributed by atoms with van der Waals surface area (Å²) in [6.07, 6.45) is 6.13. The van der Waals surface area contributed by atoms with Gasteiger partial charge in [0.15, 0.2) is 0 Å². The van der Waals surface area contributed by atoms with Gasteiger partial charge in [-0.25, -0.2) is 9.37 Å². The summed E-state index contributed by atoms with van der Waals surface area (Å²) in [5.74, 6) is 0.643. The predicted octanol–water partition coefficient (Wildman–Crippen LogP) is 3.36. The van der Waals surface area contributed by atoms with Gasteiger partial charge in [-0.1, -0.05) is 15.9 Å². The molecule has 1 unspecified atom stereocenters. The van der Waals surface area contributed by atoms with Crippen LogP contribution in [-0.4, -0.2) is 22.9 Å². The summed E-state index contributed by atoms with van der Waals surface area (Å²) < 4.78 is 12.8. The lowest BCUT2D eigenvalue weighted by Gasteiger charge is -2.36. The molecule has 0 saturated carbocycles. The molecule has 16 heavy (non-hydrogen) atoms. The van der Waals surface area contributed by atoms with Crippen molar-refractivity contribution in [2.24, 2.45) is 0 Å².